The number of rotatable bonds is 5. The minimum atomic E-state index is -3.44. The van der Waals surface area contributed by atoms with Crippen LogP contribution in [0.2, 0.25) is 0 Å². The molecular weight excluding hydrogens is 376 g/mol. The smallest absolute Gasteiger partial charge is 0.243 e. The van der Waals surface area contributed by atoms with E-state index in [4.69, 9.17) is 4.52 Å². The summed E-state index contributed by atoms with van der Waals surface area (Å²) >= 11 is 0. The number of benzene rings is 1. The molecule has 0 saturated carbocycles. The summed E-state index contributed by atoms with van der Waals surface area (Å²) in [5, 5.41) is 3.98. The number of hydrogen-bond donors (Lipinski definition) is 0. The maximum absolute atomic E-state index is 12.8. The molecule has 1 unspecified atom stereocenters. The van der Waals surface area contributed by atoms with Gasteiger partial charge in [-0.25, -0.2) is 18.4 Å². The molecule has 3 aromatic rings. The van der Waals surface area contributed by atoms with Crippen LogP contribution < -0.4 is 0 Å². The Morgan fingerprint density at radius 1 is 1.18 bits per heavy atom. The molecule has 3 heterocycles. The summed E-state index contributed by atoms with van der Waals surface area (Å²) < 4.78 is 32.4. The summed E-state index contributed by atoms with van der Waals surface area (Å²) in [7, 11) is -3.44. The summed E-state index contributed by atoms with van der Waals surface area (Å²) in [6, 6.07) is 10.5. The van der Waals surface area contributed by atoms with Crippen LogP contribution in [-0.2, 0) is 16.4 Å². The van der Waals surface area contributed by atoms with E-state index < -0.39 is 10.0 Å². The van der Waals surface area contributed by atoms with E-state index in [2.05, 4.69) is 15.1 Å². The van der Waals surface area contributed by atoms with E-state index >= 15 is 0 Å². The molecule has 146 valence electrons. The summed E-state index contributed by atoms with van der Waals surface area (Å²) in [5.41, 5.74) is 3.37. The van der Waals surface area contributed by atoms with Gasteiger partial charge in [-0.3, -0.25) is 0 Å². The Kier molecular flexibility index (Phi) is 4.99. The second-order valence-corrected chi connectivity index (χ2v) is 9.07. The maximum Gasteiger partial charge on any atom is 0.243 e. The van der Waals surface area contributed by atoms with E-state index in [1.54, 1.807) is 34.9 Å². The molecule has 1 aliphatic heterocycles. The Hall–Kier alpha value is -2.58. The van der Waals surface area contributed by atoms with Crippen molar-refractivity contribution in [3.63, 3.8) is 0 Å². The molecule has 28 heavy (non-hydrogen) atoms. The first kappa shape index (κ1) is 18.8. The van der Waals surface area contributed by atoms with Gasteiger partial charge in [-0.05, 0) is 50.8 Å². The van der Waals surface area contributed by atoms with Crippen LogP contribution in [0.25, 0.3) is 11.3 Å². The zero-order valence-corrected chi connectivity index (χ0v) is 16.7. The highest BCUT2D eigenvalue weighted by molar-refractivity contribution is 7.89. The molecule has 1 saturated heterocycles. The van der Waals surface area contributed by atoms with Crippen molar-refractivity contribution in [1.82, 2.24) is 19.4 Å². The molecule has 0 aliphatic carbocycles. The van der Waals surface area contributed by atoms with E-state index in [1.807, 2.05) is 26.0 Å². The molecule has 0 bridgehead atoms. The first-order valence-corrected chi connectivity index (χ1v) is 10.7. The van der Waals surface area contributed by atoms with Gasteiger partial charge in [0.1, 0.15) is 12.1 Å². The van der Waals surface area contributed by atoms with Gasteiger partial charge < -0.3 is 4.52 Å². The molecule has 2 aromatic heterocycles. The van der Waals surface area contributed by atoms with Gasteiger partial charge in [0.05, 0.1) is 21.8 Å². The van der Waals surface area contributed by atoms with Gasteiger partial charge >= 0.3 is 0 Å². The third-order valence-electron chi connectivity index (χ3n) is 5.14. The van der Waals surface area contributed by atoms with Crippen LogP contribution in [-0.4, -0.2) is 40.9 Å². The molecule has 1 aromatic carbocycles. The van der Waals surface area contributed by atoms with Crippen molar-refractivity contribution in [3.05, 3.63) is 59.9 Å². The molecule has 1 fully saturated rings. The van der Waals surface area contributed by atoms with Crippen LogP contribution in [0.4, 0.5) is 0 Å². The van der Waals surface area contributed by atoms with Gasteiger partial charge in [-0.2, -0.15) is 4.31 Å². The molecule has 0 spiro atoms. The molecule has 1 aliphatic rings. The van der Waals surface area contributed by atoms with Gasteiger partial charge in [0.15, 0.2) is 0 Å². The zero-order chi connectivity index (χ0) is 19.7. The predicted molar refractivity (Wildman–Crippen MR) is 104 cm³/mol. The van der Waals surface area contributed by atoms with Crippen molar-refractivity contribution in [2.24, 2.45) is 5.92 Å². The molecule has 0 N–H and O–H groups in total. The van der Waals surface area contributed by atoms with Gasteiger partial charge in [0.2, 0.25) is 10.0 Å². The van der Waals surface area contributed by atoms with Crippen molar-refractivity contribution in [2.45, 2.75) is 31.6 Å². The van der Waals surface area contributed by atoms with Crippen molar-refractivity contribution in [2.75, 3.05) is 13.1 Å². The van der Waals surface area contributed by atoms with Crippen molar-refractivity contribution in [3.8, 4) is 11.3 Å². The fourth-order valence-corrected chi connectivity index (χ4v) is 5.27. The summed E-state index contributed by atoms with van der Waals surface area (Å²) in [5.74, 6) is 0.953. The Labute approximate surface area is 164 Å². The Morgan fingerprint density at radius 3 is 2.68 bits per heavy atom. The van der Waals surface area contributed by atoms with E-state index in [0.717, 1.165) is 34.8 Å². The Bertz CT molecular complexity index is 1060. The second kappa shape index (κ2) is 7.44. The zero-order valence-electron chi connectivity index (χ0n) is 15.9. The second-order valence-electron chi connectivity index (χ2n) is 7.13. The lowest BCUT2D eigenvalue weighted by molar-refractivity contribution is 0.393. The fourth-order valence-electron chi connectivity index (χ4n) is 3.71. The molecule has 7 nitrogen and oxygen atoms in total. The monoisotopic (exact) mass is 398 g/mol. The van der Waals surface area contributed by atoms with E-state index in [-0.39, 0.29) is 5.92 Å². The van der Waals surface area contributed by atoms with Crippen LogP contribution >= 0.6 is 0 Å². The summed E-state index contributed by atoms with van der Waals surface area (Å²) in [4.78, 5) is 9.09. The number of hydrogen-bond acceptors (Lipinski definition) is 6. The highest BCUT2D eigenvalue weighted by Gasteiger charge is 2.32. The molecule has 0 radical (unpaired) electrons. The van der Waals surface area contributed by atoms with Crippen molar-refractivity contribution in [1.29, 1.82) is 0 Å². The number of nitrogens with zero attached hydrogens (tertiary/aromatic N) is 4. The van der Waals surface area contributed by atoms with E-state index in [0.29, 0.717) is 24.4 Å². The Morgan fingerprint density at radius 2 is 1.96 bits per heavy atom. The van der Waals surface area contributed by atoms with E-state index in [9.17, 15) is 8.42 Å². The van der Waals surface area contributed by atoms with Gasteiger partial charge in [0, 0.05) is 18.8 Å². The molecular formula is C20H22N4O3S. The normalized spacial score (nSPS) is 17.9. The SMILES string of the molecule is Cc1noc(C)c1-c1cc(CC2CCN(S(=O)(=O)c3ccccc3)C2)ncn1. The minimum absolute atomic E-state index is 0.228. The molecule has 4 rings (SSSR count). The highest BCUT2D eigenvalue weighted by atomic mass is 32.2. The third kappa shape index (κ3) is 3.57. The van der Waals surface area contributed by atoms with Crippen LogP contribution in [0.3, 0.4) is 0 Å². The van der Waals surface area contributed by atoms with Gasteiger partial charge in [-0.15, -0.1) is 0 Å². The minimum Gasteiger partial charge on any atom is -0.361 e. The fraction of sp³-hybridized carbons (Fsp3) is 0.350. The van der Waals surface area contributed by atoms with Crippen molar-refractivity contribution < 1.29 is 12.9 Å². The quantitative estimate of drug-likeness (QED) is 0.656. The highest BCUT2D eigenvalue weighted by Crippen LogP contribution is 2.28. The lowest BCUT2D eigenvalue weighted by atomic mass is 10.0. The average molecular weight is 398 g/mol. The number of aryl methyl sites for hydroxylation is 2. The third-order valence-corrected chi connectivity index (χ3v) is 7.02. The number of sulfonamides is 1. The van der Waals surface area contributed by atoms with Gasteiger partial charge in [0.25, 0.3) is 0 Å². The largest absolute Gasteiger partial charge is 0.361 e. The first-order valence-electron chi connectivity index (χ1n) is 9.24. The standard InChI is InChI=1S/C20H22N4O3S/c1-14-20(15(2)27-23-14)19-11-17(21-13-22-19)10-16-8-9-24(12-16)28(25,26)18-6-4-3-5-7-18/h3-7,11,13,16H,8-10,12H2,1-2H3. The van der Waals surface area contributed by atoms with Crippen LogP contribution in [0.15, 0.2) is 52.1 Å². The Balaban J connectivity index is 1.49. The van der Waals surface area contributed by atoms with E-state index in [1.165, 1.54) is 0 Å². The predicted octanol–water partition coefficient (Wildman–Crippen LogP) is 3.00. The summed E-state index contributed by atoms with van der Waals surface area (Å²) in [6.45, 7) is 4.78. The first-order chi connectivity index (χ1) is 13.4. The maximum atomic E-state index is 12.8. The average Bonchev–Trinajstić information content (AvgIpc) is 3.29. The van der Waals surface area contributed by atoms with Crippen LogP contribution in [0, 0.1) is 19.8 Å². The van der Waals surface area contributed by atoms with Crippen molar-refractivity contribution >= 4 is 10.0 Å². The van der Waals surface area contributed by atoms with Crippen LogP contribution in [0.1, 0.15) is 23.6 Å². The topological polar surface area (TPSA) is 89.2 Å². The van der Waals surface area contributed by atoms with Gasteiger partial charge in [-0.1, -0.05) is 23.4 Å². The molecule has 8 heteroatoms. The lowest BCUT2D eigenvalue weighted by Gasteiger charge is -2.16. The number of aromatic nitrogens is 3. The molecule has 1 atom stereocenters. The summed E-state index contributed by atoms with van der Waals surface area (Å²) in [6.07, 6.45) is 3.07. The lowest BCUT2D eigenvalue weighted by Crippen LogP contribution is -2.29. The van der Waals surface area contributed by atoms with Crippen LogP contribution in [0.5, 0.6) is 0 Å². The molecule has 0 amide bonds.